The van der Waals surface area contributed by atoms with Crippen molar-refractivity contribution in [1.82, 2.24) is 4.98 Å². The first-order chi connectivity index (χ1) is 8.38. The van der Waals surface area contributed by atoms with Gasteiger partial charge in [-0.3, -0.25) is 4.72 Å². The van der Waals surface area contributed by atoms with Crippen molar-refractivity contribution in [3.8, 4) is 0 Å². The molecule has 2 aromatic rings. The standard InChI is InChI=1S/C10H10ClN3O2S2/c1-6-5-13-10(17-6)14-18(15,16)9-3-2-7(12)4-8(9)11/h2-5H,12H2,1H3,(H,13,14). The zero-order valence-electron chi connectivity index (χ0n) is 9.34. The molecule has 1 aromatic carbocycles. The average Bonchev–Trinajstić information content (AvgIpc) is 2.62. The minimum atomic E-state index is -3.74. The van der Waals surface area contributed by atoms with Gasteiger partial charge in [0.15, 0.2) is 5.13 Å². The molecule has 0 saturated carbocycles. The Morgan fingerprint density at radius 3 is 2.72 bits per heavy atom. The van der Waals surface area contributed by atoms with Crippen LogP contribution in [0.25, 0.3) is 0 Å². The highest BCUT2D eigenvalue weighted by molar-refractivity contribution is 7.93. The van der Waals surface area contributed by atoms with Gasteiger partial charge >= 0.3 is 0 Å². The normalized spacial score (nSPS) is 11.4. The van der Waals surface area contributed by atoms with Crippen LogP contribution in [0.3, 0.4) is 0 Å². The largest absolute Gasteiger partial charge is 0.399 e. The second-order valence-electron chi connectivity index (χ2n) is 3.57. The summed E-state index contributed by atoms with van der Waals surface area (Å²) in [5, 5.41) is 0.385. The van der Waals surface area contributed by atoms with Crippen LogP contribution in [-0.2, 0) is 10.0 Å². The van der Waals surface area contributed by atoms with Gasteiger partial charge in [0.05, 0.1) is 5.02 Å². The van der Waals surface area contributed by atoms with Gasteiger partial charge in [-0.05, 0) is 25.1 Å². The van der Waals surface area contributed by atoms with E-state index in [9.17, 15) is 8.42 Å². The molecule has 0 aliphatic heterocycles. The number of hydrogen-bond donors (Lipinski definition) is 2. The molecule has 1 heterocycles. The Morgan fingerprint density at radius 1 is 1.44 bits per heavy atom. The molecule has 0 aliphatic rings. The molecule has 0 spiro atoms. The molecule has 2 rings (SSSR count). The number of anilines is 2. The molecule has 0 aliphatic carbocycles. The third kappa shape index (κ3) is 2.74. The van der Waals surface area contributed by atoms with E-state index in [1.54, 1.807) is 6.20 Å². The number of nitrogens with zero attached hydrogens (tertiary/aromatic N) is 1. The van der Waals surface area contributed by atoms with Crippen LogP contribution in [0.15, 0.2) is 29.3 Å². The van der Waals surface area contributed by atoms with Crippen LogP contribution < -0.4 is 10.5 Å². The van der Waals surface area contributed by atoms with Gasteiger partial charge in [0.2, 0.25) is 0 Å². The van der Waals surface area contributed by atoms with E-state index >= 15 is 0 Å². The van der Waals surface area contributed by atoms with Crippen molar-refractivity contribution in [2.24, 2.45) is 0 Å². The summed E-state index contributed by atoms with van der Waals surface area (Å²) in [5.74, 6) is 0. The quantitative estimate of drug-likeness (QED) is 0.853. The molecule has 0 saturated heterocycles. The SMILES string of the molecule is Cc1cnc(NS(=O)(=O)c2ccc(N)cc2Cl)s1. The Hall–Kier alpha value is -1.31. The lowest BCUT2D eigenvalue weighted by Crippen LogP contribution is -2.13. The fraction of sp³-hybridized carbons (Fsp3) is 0.100. The van der Waals surface area contributed by atoms with Gasteiger partial charge in [0.25, 0.3) is 10.0 Å². The van der Waals surface area contributed by atoms with Gasteiger partial charge in [-0.25, -0.2) is 13.4 Å². The Balaban J connectivity index is 2.36. The molecular weight excluding hydrogens is 294 g/mol. The van der Waals surface area contributed by atoms with Crippen molar-refractivity contribution < 1.29 is 8.42 Å². The summed E-state index contributed by atoms with van der Waals surface area (Å²) >= 11 is 7.12. The fourth-order valence-electron chi connectivity index (χ4n) is 1.31. The third-order valence-corrected chi connectivity index (χ3v) is 4.87. The van der Waals surface area contributed by atoms with Gasteiger partial charge in [-0.2, -0.15) is 0 Å². The van der Waals surface area contributed by atoms with Crippen molar-refractivity contribution >= 4 is 43.8 Å². The van der Waals surface area contributed by atoms with Crippen molar-refractivity contribution in [3.63, 3.8) is 0 Å². The first-order valence-corrected chi connectivity index (χ1v) is 7.56. The lowest BCUT2D eigenvalue weighted by atomic mass is 10.3. The summed E-state index contributed by atoms with van der Waals surface area (Å²) < 4.78 is 26.5. The molecule has 5 nitrogen and oxygen atoms in total. The van der Waals surface area contributed by atoms with Gasteiger partial charge in [0, 0.05) is 16.8 Å². The van der Waals surface area contributed by atoms with Gasteiger partial charge < -0.3 is 5.73 Å². The molecule has 3 N–H and O–H groups in total. The van der Waals surface area contributed by atoms with Crippen LogP contribution in [-0.4, -0.2) is 13.4 Å². The van der Waals surface area contributed by atoms with Gasteiger partial charge in [-0.15, -0.1) is 11.3 Å². The smallest absolute Gasteiger partial charge is 0.265 e. The van der Waals surface area contributed by atoms with E-state index in [0.717, 1.165) is 4.88 Å². The summed E-state index contributed by atoms with van der Waals surface area (Å²) in [6.07, 6.45) is 1.59. The zero-order valence-corrected chi connectivity index (χ0v) is 11.7. The summed E-state index contributed by atoms with van der Waals surface area (Å²) in [6, 6.07) is 4.23. The highest BCUT2D eigenvalue weighted by atomic mass is 35.5. The minimum Gasteiger partial charge on any atom is -0.399 e. The van der Waals surface area contributed by atoms with Crippen LogP contribution in [0.2, 0.25) is 5.02 Å². The Kier molecular flexibility index (Phi) is 3.47. The Bertz CT molecular complexity index is 682. The number of nitrogen functional groups attached to an aromatic ring is 1. The highest BCUT2D eigenvalue weighted by Gasteiger charge is 2.19. The maximum atomic E-state index is 12.1. The predicted octanol–water partition coefficient (Wildman–Crippen LogP) is 2.49. The molecule has 0 fully saturated rings. The van der Waals surface area contributed by atoms with Crippen LogP contribution in [0, 0.1) is 6.92 Å². The molecule has 0 radical (unpaired) electrons. The van der Waals surface area contributed by atoms with Crippen LogP contribution in [0.5, 0.6) is 0 Å². The maximum Gasteiger partial charge on any atom is 0.265 e. The number of thiazole rings is 1. The number of hydrogen-bond acceptors (Lipinski definition) is 5. The molecular formula is C10H10ClN3O2S2. The molecule has 0 unspecified atom stereocenters. The summed E-state index contributed by atoms with van der Waals surface area (Å²) in [7, 11) is -3.74. The highest BCUT2D eigenvalue weighted by Crippen LogP contribution is 2.27. The Labute approximate surface area is 114 Å². The topological polar surface area (TPSA) is 85.1 Å². The third-order valence-electron chi connectivity index (χ3n) is 2.09. The maximum absolute atomic E-state index is 12.1. The predicted molar refractivity (Wildman–Crippen MR) is 73.5 cm³/mol. The minimum absolute atomic E-state index is 0.0220. The van der Waals surface area contributed by atoms with Crippen molar-refractivity contribution in [1.29, 1.82) is 0 Å². The first kappa shape index (κ1) is 13.1. The van der Waals surface area contributed by atoms with E-state index in [0.29, 0.717) is 10.8 Å². The van der Waals surface area contributed by atoms with Crippen LogP contribution >= 0.6 is 22.9 Å². The first-order valence-electron chi connectivity index (χ1n) is 4.89. The van der Waals surface area contributed by atoms with E-state index in [-0.39, 0.29) is 9.92 Å². The lowest BCUT2D eigenvalue weighted by molar-refractivity contribution is 0.601. The van der Waals surface area contributed by atoms with Crippen LogP contribution in [0.1, 0.15) is 4.88 Å². The number of nitrogens with one attached hydrogen (secondary N) is 1. The number of nitrogens with two attached hydrogens (primary N) is 1. The number of sulfonamides is 1. The van der Waals surface area contributed by atoms with E-state index in [1.807, 2.05) is 6.92 Å². The fourth-order valence-corrected chi connectivity index (χ4v) is 3.77. The average molecular weight is 304 g/mol. The second kappa shape index (κ2) is 4.75. The van der Waals surface area contributed by atoms with Gasteiger partial charge in [0.1, 0.15) is 4.90 Å². The molecule has 0 amide bonds. The number of halogens is 1. The molecule has 18 heavy (non-hydrogen) atoms. The van der Waals surface area contributed by atoms with E-state index in [2.05, 4.69) is 9.71 Å². The van der Waals surface area contributed by atoms with Crippen molar-refractivity contribution in [2.75, 3.05) is 10.5 Å². The van der Waals surface area contributed by atoms with Gasteiger partial charge in [-0.1, -0.05) is 11.6 Å². The molecule has 0 atom stereocenters. The van der Waals surface area contributed by atoms with Crippen molar-refractivity contribution in [3.05, 3.63) is 34.3 Å². The number of benzene rings is 1. The molecule has 1 aromatic heterocycles. The number of aromatic nitrogens is 1. The summed E-state index contributed by atoms with van der Waals surface area (Å²) in [4.78, 5) is 4.83. The zero-order chi connectivity index (χ0) is 13.3. The van der Waals surface area contributed by atoms with Crippen molar-refractivity contribution in [2.45, 2.75) is 11.8 Å². The summed E-state index contributed by atoms with van der Waals surface area (Å²) in [6.45, 7) is 1.84. The van der Waals surface area contributed by atoms with E-state index < -0.39 is 10.0 Å². The summed E-state index contributed by atoms with van der Waals surface area (Å²) in [5.41, 5.74) is 5.92. The molecule has 0 bridgehead atoms. The number of rotatable bonds is 3. The monoisotopic (exact) mass is 303 g/mol. The number of aryl methyl sites for hydroxylation is 1. The molecule has 96 valence electrons. The lowest BCUT2D eigenvalue weighted by Gasteiger charge is -2.07. The van der Waals surface area contributed by atoms with E-state index in [1.165, 1.54) is 29.5 Å². The second-order valence-corrected chi connectivity index (χ2v) is 6.86. The molecule has 8 heteroatoms. The van der Waals surface area contributed by atoms with E-state index in [4.69, 9.17) is 17.3 Å². The van der Waals surface area contributed by atoms with Crippen LogP contribution in [0.4, 0.5) is 10.8 Å². The Morgan fingerprint density at radius 2 is 2.17 bits per heavy atom.